The maximum atomic E-state index is 13.2. The Bertz CT molecular complexity index is 719. The first kappa shape index (κ1) is 18.5. The number of carbonyl (C=O) groups excluding carboxylic acids is 1. The van der Waals surface area contributed by atoms with E-state index in [1.54, 1.807) is 0 Å². The van der Waals surface area contributed by atoms with Gasteiger partial charge < -0.3 is 0 Å². The molecule has 0 spiro atoms. The maximum Gasteiger partial charge on any atom is 0.171 e. The van der Waals surface area contributed by atoms with Gasteiger partial charge in [-0.15, -0.1) is 0 Å². The van der Waals surface area contributed by atoms with Crippen molar-refractivity contribution in [1.29, 1.82) is 0 Å². The van der Waals surface area contributed by atoms with Crippen molar-refractivity contribution >= 4 is 14.2 Å². The van der Waals surface area contributed by atoms with Crippen molar-refractivity contribution in [2.45, 2.75) is 46.0 Å². The van der Waals surface area contributed by atoms with Crippen LogP contribution in [0, 0.1) is 13.8 Å². The minimum Gasteiger partial charge on any atom is -0.293 e. The molecular formula is C21H25O2P. The van der Waals surface area contributed by atoms with Gasteiger partial charge in [0.05, 0.1) is 5.92 Å². The summed E-state index contributed by atoms with van der Waals surface area (Å²) in [5, 5.41) is 0. The van der Waals surface area contributed by atoms with E-state index >= 15 is 0 Å². The smallest absolute Gasteiger partial charge is 0.171 e. The Hall–Kier alpha value is -1.79. The molecule has 0 saturated heterocycles. The molecule has 0 aliphatic carbocycles. The van der Waals surface area contributed by atoms with Crippen LogP contribution in [0.5, 0.6) is 0 Å². The van der Waals surface area contributed by atoms with Gasteiger partial charge in [0.15, 0.2) is 14.2 Å². The fourth-order valence-corrected chi connectivity index (χ4v) is 3.58. The van der Waals surface area contributed by atoms with Crippen LogP contribution >= 0.6 is 8.46 Å². The number of carbonyl (C=O) groups is 1. The number of hydrogen-bond donors (Lipinski definition) is 0. The van der Waals surface area contributed by atoms with Gasteiger partial charge in [0.1, 0.15) is 0 Å². The predicted molar refractivity (Wildman–Crippen MR) is 101 cm³/mol. The minimum absolute atomic E-state index is 0.00575. The van der Waals surface area contributed by atoms with Crippen molar-refractivity contribution in [3.05, 3.63) is 70.3 Å². The van der Waals surface area contributed by atoms with Crippen LogP contribution in [0.25, 0.3) is 0 Å². The normalized spacial score (nSPS) is 13.0. The summed E-state index contributed by atoms with van der Waals surface area (Å²) in [4.78, 5) is 13.2. The number of Topliss-reactive ketones (excluding diaryl/α,β-unsaturated/α-hetero) is 1. The molecule has 0 radical (unpaired) electrons. The highest BCUT2D eigenvalue weighted by Crippen LogP contribution is 2.31. The summed E-state index contributed by atoms with van der Waals surface area (Å²) in [6.45, 7) is 10.5. The summed E-state index contributed by atoms with van der Waals surface area (Å²) in [6, 6.07) is 13.8. The molecule has 0 aliphatic heterocycles. The summed E-state index contributed by atoms with van der Waals surface area (Å²) in [5.74, 6) is -0.316. The monoisotopic (exact) mass is 340 g/mol. The third-order valence-corrected chi connectivity index (χ3v) is 4.93. The fourth-order valence-electron chi connectivity index (χ4n) is 3.06. The van der Waals surface area contributed by atoms with E-state index in [-0.39, 0.29) is 25.6 Å². The van der Waals surface area contributed by atoms with Crippen LogP contribution in [0.1, 0.15) is 59.3 Å². The molecule has 3 heteroatoms. The summed E-state index contributed by atoms with van der Waals surface area (Å²) < 4.78 is 11.2. The van der Waals surface area contributed by atoms with Crippen molar-refractivity contribution in [1.82, 2.24) is 0 Å². The van der Waals surface area contributed by atoms with E-state index in [0.717, 1.165) is 22.3 Å². The molecule has 1 atom stereocenters. The topological polar surface area (TPSA) is 34.1 Å². The van der Waals surface area contributed by atoms with E-state index in [9.17, 15) is 9.36 Å². The van der Waals surface area contributed by atoms with E-state index in [0.29, 0.717) is 6.16 Å². The predicted octanol–water partition coefficient (Wildman–Crippen LogP) is 5.86. The van der Waals surface area contributed by atoms with Crippen LogP contribution in [0.2, 0.25) is 0 Å². The van der Waals surface area contributed by atoms with E-state index in [1.165, 1.54) is 5.56 Å². The fraction of sp³-hybridized carbons (Fsp3) is 0.381. The number of rotatable bonds is 5. The van der Waals surface area contributed by atoms with Gasteiger partial charge >= 0.3 is 0 Å². The van der Waals surface area contributed by atoms with Crippen LogP contribution < -0.4 is 0 Å². The number of hydrogen-bond acceptors (Lipinski definition) is 2. The molecule has 0 fully saturated rings. The summed E-state index contributed by atoms with van der Waals surface area (Å²) in [7, 11) is -0.00575. The molecule has 1 unspecified atom stereocenters. The molecule has 0 heterocycles. The van der Waals surface area contributed by atoms with Crippen LogP contribution in [0.4, 0.5) is 0 Å². The second kappa shape index (κ2) is 7.40. The molecule has 0 N–H and O–H groups in total. The maximum absolute atomic E-state index is 13.2. The van der Waals surface area contributed by atoms with Crippen LogP contribution in [0.3, 0.4) is 0 Å². The summed E-state index contributed by atoms with van der Waals surface area (Å²) in [6.07, 6.45) is 0.308. The molecule has 24 heavy (non-hydrogen) atoms. The average molecular weight is 340 g/mol. The molecule has 0 saturated carbocycles. The average Bonchev–Trinajstić information content (AvgIpc) is 2.51. The van der Waals surface area contributed by atoms with Gasteiger partial charge in [-0.05, 0) is 41.5 Å². The Labute approximate surface area is 146 Å². The van der Waals surface area contributed by atoms with Crippen molar-refractivity contribution in [3.8, 4) is 0 Å². The molecule has 2 nitrogen and oxygen atoms in total. The van der Waals surface area contributed by atoms with Crippen LogP contribution in [0.15, 0.2) is 42.5 Å². The molecule has 0 aliphatic rings. The summed E-state index contributed by atoms with van der Waals surface area (Å²) in [5.41, 5.74) is 4.95. The number of ketones is 1. The first-order valence-electron chi connectivity index (χ1n) is 8.25. The van der Waals surface area contributed by atoms with E-state index < -0.39 is 0 Å². The van der Waals surface area contributed by atoms with E-state index in [2.05, 4.69) is 32.9 Å². The van der Waals surface area contributed by atoms with Crippen LogP contribution in [-0.2, 0) is 9.98 Å². The Morgan fingerprint density at radius 2 is 1.58 bits per heavy atom. The lowest BCUT2D eigenvalue weighted by atomic mass is 9.81. The van der Waals surface area contributed by atoms with Gasteiger partial charge in [0, 0.05) is 11.7 Å². The zero-order valence-corrected chi connectivity index (χ0v) is 16.0. The molecule has 2 aromatic carbocycles. The lowest BCUT2D eigenvalue weighted by Crippen LogP contribution is -2.19. The second-order valence-electron chi connectivity index (χ2n) is 7.37. The van der Waals surface area contributed by atoms with Gasteiger partial charge in [0.25, 0.3) is 0 Å². The highest BCUT2D eigenvalue weighted by molar-refractivity contribution is 7.23. The molecule has 0 bridgehead atoms. The zero-order chi connectivity index (χ0) is 17.9. The lowest BCUT2D eigenvalue weighted by Gasteiger charge is -2.23. The Morgan fingerprint density at radius 3 is 2.04 bits per heavy atom. The highest BCUT2D eigenvalue weighted by Gasteiger charge is 2.26. The highest BCUT2D eigenvalue weighted by atomic mass is 31.1. The van der Waals surface area contributed by atoms with Crippen molar-refractivity contribution in [2.24, 2.45) is 0 Å². The largest absolute Gasteiger partial charge is 0.293 e. The minimum atomic E-state index is -0.372. The lowest BCUT2D eigenvalue weighted by molar-refractivity contribution is 0.0966. The third kappa shape index (κ3) is 3.99. The standard InChI is InChI=1S/C21H25O2P/c1-14-11-17(21(3,4)5)12-15(2)19(14)20(22)18(13-24-23)16-9-7-6-8-10-16/h6-12,18H,13H2,1-5H3. The molecule has 126 valence electrons. The van der Waals surface area contributed by atoms with Gasteiger partial charge in [-0.3, -0.25) is 9.36 Å². The van der Waals surface area contributed by atoms with Gasteiger partial charge in [-0.25, -0.2) is 0 Å². The van der Waals surface area contributed by atoms with Crippen molar-refractivity contribution < 1.29 is 9.36 Å². The number of aryl methyl sites for hydroxylation is 2. The van der Waals surface area contributed by atoms with Gasteiger partial charge in [0.2, 0.25) is 0 Å². The molecule has 2 aromatic rings. The Balaban J connectivity index is 2.49. The van der Waals surface area contributed by atoms with Crippen LogP contribution in [-0.4, -0.2) is 11.9 Å². The quantitative estimate of drug-likeness (QED) is 0.505. The summed E-state index contributed by atoms with van der Waals surface area (Å²) >= 11 is 0. The molecule has 0 amide bonds. The first-order valence-corrected chi connectivity index (χ1v) is 9.25. The number of benzene rings is 2. The van der Waals surface area contributed by atoms with E-state index in [4.69, 9.17) is 0 Å². The van der Waals surface area contributed by atoms with Crippen molar-refractivity contribution in [3.63, 3.8) is 0 Å². The SMILES string of the molecule is Cc1cc(C(C)(C)C)cc(C)c1C(=O)C(CP=O)c1ccccc1. The first-order chi connectivity index (χ1) is 11.3. The molecule has 2 rings (SSSR count). The van der Waals surface area contributed by atoms with Crippen molar-refractivity contribution in [2.75, 3.05) is 6.16 Å². The third-order valence-electron chi connectivity index (χ3n) is 4.42. The van der Waals surface area contributed by atoms with Gasteiger partial charge in [-0.2, -0.15) is 0 Å². The van der Waals surface area contributed by atoms with Gasteiger partial charge in [-0.1, -0.05) is 63.2 Å². The Kier molecular flexibility index (Phi) is 5.72. The van der Waals surface area contributed by atoms with E-state index in [1.807, 2.05) is 44.2 Å². The zero-order valence-electron chi connectivity index (χ0n) is 15.1. The second-order valence-corrected chi connectivity index (χ2v) is 8.00. The molecular weight excluding hydrogens is 315 g/mol. The molecule has 0 aromatic heterocycles. The Morgan fingerprint density at radius 1 is 1.04 bits per heavy atom.